The van der Waals surface area contributed by atoms with Crippen LogP contribution in [0.3, 0.4) is 0 Å². The van der Waals surface area contributed by atoms with Gasteiger partial charge in [0.1, 0.15) is 0 Å². The zero-order chi connectivity index (χ0) is 24.0. The quantitative estimate of drug-likeness (QED) is 0.144. The molecule has 0 fully saturated rings. The minimum absolute atomic E-state index is 0.0358. The first kappa shape index (κ1) is 24.0. The molecule has 0 spiro atoms. The standard InChI is InChI=1S/C21H17ClN4O6S/c1-12(13-7-4-5-9-15(13)26(28)29)25-32-20(27)19-14(22)8-6-10-16(19)33-21-23-17(30-2)11-18(24-21)31-3/h4-11H,1-3H3/b25-12+. The topological polar surface area (TPSA) is 126 Å². The number of ether oxygens (including phenoxy) is 2. The molecule has 3 rings (SSSR count). The van der Waals surface area contributed by atoms with E-state index in [0.29, 0.717) is 4.90 Å². The number of aromatic nitrogens is 2. The average molecular weight is 489 g/mol. The maximum absolute atomic E-state index is 12.8. The van der Waals surface area contributed by atoms with Gasteiger partial charge in [-0.05, 0) is 36.9 Å². The average Bonchev–Trinajstić information content (AvgIpc) is 2.82. The molecule has 0 unspecified atom stereocenters. The zero-order valence-corrected chi connectivity index (χ0v) is 19.2. The lowest BCUT2D eigenvalue weighted by atomic mass is 10.1. The highest BCUT2D eigenvalue weighted by Crippen LogP contribution is 2.34. The first-order chi connectivity index (χ1) is 15.8. The summed E-state index contributed by atoms with van der Waals surface area (Å²) in [7, 11) is 2.91. The van der Waals surface area contributed by atoms with Gasteiger partial charge in [0.15, 0.2) is 5.16 Å². The molecule has 33 heavy (non-hydrogen) atoms. The van der Waals surface area contributed by atoms with Crippen LogP contribution in [0.2, 0.25) is 5.02 Å². The van der Waals surface area contributed by atoms with Crippen LogP contribution in [0.15, 0.2) is 63.7 Å². The summed E-state index contributed by atoms with van der Waals surface area (Å²) in [5, 5.41) is 15.4. The predicted molar refractivity (Wildman–Crippen MR) is 121 cm³/mol. The molecule has 3 aromatic rings. The molecule has 0 aliphatic heterocycles. The van der Waals surface area contributed by atoms with Crippen molar-refractivity contribution in [2.45, 2.75) is 17.0 Å². The van der Waals surface area contributed by atoms with E-state index in [1.165, 1.54) is 51.5 Å². The normalized spacial score (nSPS) is 11.1. The second kappa shape index (κ2) is 10.7. The van der Waals surface area contributed by atoms with E-state index in [4.69, 9.17) is 25.9 Å². The Bertz CT molecular complexity index is 1210. The number of carbonyl (C=O) groups is 1. The van der Waals surface area contributed by atoms with Crippen LogP contribution in [0.4, 0.5) is 5.69 Å². The van der Waals surface area contributed by atoms with Gasteiger partial charge in [-0.3, -0.25) is 10.1 Å². The highest BCUT2D eigenvalue weighted by Gasteiger charge is 2.21. The molecule has 0 bridgehead atoms. The summed E-state index contributed by atoms with van der Waals surface area (Å²) in [6.45, 7) is 1.49. The molecule has 12 heteroatoms. The molecule has 0 radical (unpaired) electrons. The molecule has 0 aliphatic carbocycles. The Morgan fingerprint density at radius 2 is 1.76 bits per heavy atom. The van der Waals surface area contributed by atoms with Crippen molar-refractivity contribution in [2.24, 2.45) is 5.16 Å². The number of para-hydroxylation sites is 1. The van der Waals surface area contributed by atoms with Crippen molar-refractivity contribution in [3.8, 4) is 11.8 Å². The van der Waals surface area contributed by atoms with Gasteiger partial charge in [-0.1, -0.05) is 35.0 Å². The third-order valence-corrected chi connectivity index (χ3v) is 5.45. The molecule has 0 N–H and O–H groups in total. The molecule has 0 saturated heterocycles. The van der Waals surface area contributed by atoms with Crippen LogP contribution < -0.4 is 9.47 Å². The maximum Gasteiger partial charge on any atom is 0.368 e. The first-order valence-electron chi connectivity index (χ1n) is 9.27. The van der Waals surface area contributed by atoms with E-state index in [-0.39, 0.29) is 44.5 Å². The number of rotatable bonds is 8. The van der Waals surface area contributed by atoms with Gasteiger partial charge in [-0.15, -0.1) is 0 Å². The molecule has 170 valence electrons. The number of carbonyl (C=O) groups excluding carboxylic acids is 1. The second-order valence-corrected chi connectivity index (χ2v) is 7.70. The van der Waals surface area contributed by atoms with Crippen LogP contribution in [0.5, 0.6) is 11.8 Å². The molecule has 0 aliphatic rings. The van der Waals surface area contributed by atoms with Crippen LogP contribution in [-0.2, 0) is 4.84 Å². The zero-order valence-electron chi connectivity index (χ0n) is 17.6. The van der Waals surface area contributed by atoms with Crippen LogP contribution in [-0.4, -0.2) is 40.8 Å². The maximum atomic E-state index is 12.8. The Hall–Kier alpha value is -3.70. The second-order valence-electron chi connectivity index (χ2n) is 6.28. The third-order valence-electron chi connectivity index (χ3n) is 4.21. The highest BCUT2D eigenvalue weighted by atomic mass is 35.5. The lowest BCUT2D eigenvalue weighted by Gasteiger charge is -2.10. The molecule has 1 aromatic heterocycles. The Morgan fingerprint density at radius 3 is 2.39 bits per heavy atom. The number of nitrogens with zero attached hydrogens (tertiary/aromatic N) is 4. The van der Waals surface area contributed by atoms with E-state index < -0.39 is 10.9 Å². The van der Waals surface area contributed by atoms with Crippen molar-refractivity contribution in [1.82, 2.24) is 9.97 Å². The van der Waals surface area contributed by atoms with Gasteiger partial charge in [0, 0.05) is 11.0 Å². The summed E-state index contributed by atoms with van der Waals surface area (Å²) in [6, 6.07) is 12.3. The SMILES string of the molecule is COc1cc(OC)nc(Sc2cccc(Cl)c2C(=O)O/N=C(\C)c2ccccc2[N+](=O)[O-])n1. The van der Waals surface area contributed by atoms with Gasteiger partial charge in [0.05, 0.1) is 47.1 Å². The molecule has 0 amide bonds. The van der Waals surface area contributed by atoms with Crippen molar-refractivity contribution >= 4 is 40.7 Å². The number of oxime groups is 1. The number of hydrogen-bond acceptors (Lipinski definition) is 10. The van der Waals surface area contributed by atoms with Gasteiger partial charge in [-0.25, -0.2) is 4.79 Å². The fraction of sp³-hybridized carbons (Fsp3) is 0.143. The van der Waals surface area contributed by atoms with Crippen molar-refractivity contribution in [3.63, 3.8) is 0 Å². The molecule has 1 heterocycles. The molecule has 2 aromatic carbocycles. The molecule has 0 atom stereocenters. The summed E-state index contributed by atoms with van der Waals surface area (Å²) in [5.41, 5.74) is 0.250. The van der Waals surface area contributed by atoms with E-state index in [1.54, 1.807) is 18.2 Å². The Labute approximate surface area is 197 Å². The molecular formula is C21H17ClN4O6S. The fourth-order valence-corrected chi connectivity index (χ4v) is 3.89. The largest absolute Gasteiger partial charge is 0.481 e. The lowest BCUT2D eigenvalue weighted by molar-refractivity contribution is -0.385. The Morgan fingerprint density at radius 1 is 1.09 bits per heavy atom. The molecule has 10 nitrogen and oxygen atoms in total. The third kappa shape index (κ3) is 5.76. The van der Waals surface area contributed by atoms with Crippen molar-refractivity contribution < 1.29 is 24.0 Å². The minimum atomic E-state index is -0.851. The van der Waals surface area contributed by atoms with Crippen LogP contribution >= 0.6 is 23.4 Å². The molecular weight excluding hydrogens is 472 g/mol. The first-order valence-corrected chi connectivity index (χ1v) is 10.5. The summed E-state index contributed by atoms with van der Waals surface area (Å²) in [5.74, 6) is -0.295. The van der Waals surface area contributed by atoms with E-state index in [2.05, 4.69) is 15.1 Å². The summed E-state index contributed by atoms with van der Waals surface area (Å²) < 4.78 is 10.3. The predicted octanol–water partition coefficient (Wildman–Crippen LogP) is 4.79. The van der Waals surface area contributed by atoms with E-state index in [9.17, 15) is 14.9 Å². The van der Waals surface area contributed by atoms with E-state index in [1.807, 2.05) is 0 Å². The fourth-order valence-electron chi connectivity index (χ4n) is 2.67. The lowest BCUT2D eigenvalue weighted by Crippen LogP contribution is -2.07. The number of nitro benzene ring substituents is 1. The van der Waals surface area contributed by atoms with E-state index in [0.717, 1.165) is 11.8 Å². The number of methoxy groups -OCH3 is 2. The van der Waals surface area contributed by atoms with Gasteiger partial charge >= 0.3 is 5.97 Å². The monoisotopic (exact) mass is 488 g/mol. The summed E-state index contributed by atoms with van der Waals surface area (Å²) in [4.78, 5) is 37.4. The van der Waals surface area contributed by atoms with Gasteiger partial charge in [0.25, 0.3) is 5.69 Å². The summed E-state index contributed by atoms with van der Waals surface area (Å²) >= 11 is 7.31. The number of nitro groups is 1. The molecule has 0 saturated carbocycles. The van der Waals surface area contributed by atoms with Gasteiger partial charge < -0.3 is 14.3 Å². The van der Waals surface area contributed by atoms with Gasteiger partial charge in [-0.2, -0.15) is 9.97 Å². The Kier molecular flexibility index (Phi) is 7.80. The Balaban J connectivity index is 1.90. The smallest absolute Gasteiger partial charge is 0.368 e. The van der Waals surface area contributed by atoms with Crippen LogP contribution in [0.1, 0.15) is 22.8 Å². The van der Waals surface area contributed by atoms with E-state index >= 15 is 0 Å². The van der Waals surface area contributed by atoms with Crippen molar-refractivity contribution in [3.05, 3.63) is 74.8 Å². The number of halogens is 1. The summed E-state index contributed by atoms with van der Waals surface area (Å²) in [6.07, 6.45) is 0. The van der Waals surface area contributed by atoms with Crippen LogP contribution in [0.25, 0.3) is 0 Å². The van der Waals surface area contributed by atoms with Crippen molar-refractivity contribution in [1.29, 1.82) is 0 Å². The number of benzene rings is 2. The number of hydrogen-bond donors (Lipinski definition) is 0. The van der Waals surface area contributed by atoms with Crippen LogP contribution in [0, 0.1) is 10.1 Å². The highest BCUT2D eigenvalue weighted by molar-refractivity contribution is 7.99. The minimum Gasteiger partial charge on any atom is -0.481 e. The van der Waals surface area contributed by atoms with Gasteiger partial charge in [0.2, 0.25) is 11.8 Å². The van der Waals surface area contributed by atoms with Crippen molar-refractivity contribution in [2.75, 3.05) is 14.2 Å².